The summed E-state index contributed by atoms with van der Waals surface area (Å²) in [5.41, 5.74) is 5.05. The Balaban J connectivity index is 2.71. The zero-order chi connectivity index (χ0) is 9.90. The minimum absolute atomic E-state index is 0.0744. The Kier molecular flexibility index (Phi) is 3.09. The Morgan fingerprint density at radius 3 is 2.92 bits per heavy atom. The number of carbonyl (C=O) groups excluding carboxylic acids is 1. The summed E-state index contributed by atoms with van der Waals surface area (Å²) >= 11 is 0. The van der Waals surface area contributed by atoms with E-state index in [-0.39, 0.29) is 5.78 Å². The van der Waals surface area contributed by atoms with Crippen molar-refractivity contribution in [3.63, 3.8) is 0 Å². The van der Waals surface area contributed by atoms with Gasteiger partial charge in [-0.2, -0.15) is 0 Å². The molecule has 0 aromatic carbocycles. The van der Waals surface area contributed by atoms with Gasteiger partial charge in [-0.3, -0.25) is 4.79 Å². The maximum atomic E-state index is 11.7. The van der Waals surface area contributed by atoms with E-state index in [2.05, 4.69) is 0 Å². The molecule has 2 N–H and O–H groups in total. The molecule has 3 heteroatoms. The lowest BCUT2D eigenvalue weighted by Crippen LogP contribution is -2.45. The third-order valence-electron chi connectivity index (χ3n) is 2.41. The third kappa shape index (κ3) is 2.31. The van der Waals surface area contributed by atoms with Gasteiger partial charge >= 0.3 is 0 Å². The van der Waals surface area contributed by atoms with Crippen LogP contribution in [0.5, 0.6) is 0 Å². The van der Waals surface area contributed by atoms with Gasteiger partial charge in [0.05, 0.1) is 12.1 Å². The van der Waals surface area contributed by atoms with E-state index in [1.54, 1.807) is 6.92 Å². The summed E-state index contributed by atoms with van der Waals surface area (Å²) in [6.07, 6.45) is 4.38. The number of allylic oxidation sites excluding steroid dienone is 1. The number of Topliss-reactive ketones (excluding diaryl/α,β-unsaturated/α-hetero) is 1. The number of rotatable bonds is 3. The van der Waals surface area contributed by atoms with E-state index in [0.29, 0.717) is 18.8 Å². The molecule has 0 spiro atoms. The van der Waals surface area contributed by atoms with Crippen molar-refractivity contribution in [2.24, 2.45) is 5.73 Å². The van der Waals surface area contributed by atoms with Gasteiger partial charge < -0.3 is 10.5 Å². The molecule has 1 heterocycles. The van der Waals surface area contributed by atoms with Crippen molar-refractivity contribution >= 4 is 5.78 Å². The lowest BCUT2D eigenvalue weighted by atomic mass is 9.92. The Morgan fingerprint density at radius 2 is 2.46 bits per heavy atom. The molecule has 0 aromatic heterocycles. The maximum Gasteiger partial charge on any atom is 0.216 e. The highest BCUT2D eigenvalue weighted by Gasteiger charge is 2.30. The Labute approximate surface area is 78.9 Å². The Bertz CT molecular complexity index is 231. The minimum atomic E-state index is -0.775. The molecule has 0 saturated heterocycles. The first-order valence-corrected chi connectivity index (χ1v) is 4.74. The minimum Gasteiger partial charge on any atom is -0.490 e. The van der Waals surface area contributed by atoms with Crippen LogP contribution in [-0.4, -0.2) is 17.9 Å². The fraction of sp³-hybridized carbons (Fsp3) is 0.700. The smallest absolute Gasteiger partial charge is 0.216 e. The number of hydrogen-bond acceptors (Lipinski definition) is 3. The standard InChI is InChI=1S/C10H17NO2/c1-3-10(2,11)9(12)8-6-4-5-7-13-8/h6H,3-5,7,11H2,1-2H3. The van der Waals surface area contributed by atoms with E-state index in [9.17, 15) is 4.79 Å². The predicted octanol–water partition coefficient (Wildman–Crippen LogP) is 1.38. The first kappa shape index (κ1) is 10.3. The molecule has 0 aliphatic carbocycles. The zero-order valence-corrected chi connectivity index (χ0v) is 8.30. The summed E-state index contributed by atoms with van der Waals surface area (Å²) in [5.74, 6) is 0.382. The fourth-order valence-corrected chi connectivity index (χ4v) is 1.16. The van der Waals surface area contributed by atoms with Crippen molar-refractivity contribution in [1.82, 2.24) is 0 Å². The van der Waals surface area contributed by atoms with Crippen LogP contribution in [0.15, 0.2) is 11.8 Å². The summed E-state index contributed by atoms with van der Waals surface area (Å²) in [6, 6.07) is 0. The summed E-state index contributed by atoms with van der Waals surface area (Å²) < 4.78 is 5.26. The van der Waals surface area contributed by atoms with Crippen LogP contribution in [0.1, 0.15) is 33.1 Å². The van der Waals surface area contributed by atoms with Crippen LogP contribution in [0.25, 0.3) is 0 Å². The number of ether oxygens (including phenoxy) is 1. The van der Waals surface area contributed by atoms with Crippen LogP contribution in [0.3, 0.4) is 0 Å². The molecule has 3 nitrogen and oxygen atoms in total. The molecule has 1 atom stereocenters. The second-order valence-electron chi connectivity index (χ2n) is 3.66. The van der Waals surface area contributed by atoms with E-state index >= 15 is 0 Å². The summed E-state index contributed by atoms with van der Waals surface area (Å²) in [5, 5.41) is 0. The van der Waals surface area contributed by atoms with E-state index < -0.39 is 5.54 Å². The first-order chi connectivity index (χ1) is 6.08. The van der Waals surface area contributed by atoms with Gasteiger partial charge in [-0.25, -0.2) is 0 Å². The summed E-state index contributed by atoms with van der Waals surface area (Å²) in [7, 11) is 0. The molecule has 1 aliphatic rings. The second kappa shape index (κ2) is 3.92. The topological polar surface area (TPSA) is 52.3 Å². The molecule has 0 saturated carbocycles. The highest BCUT2D eigenvalue weighted by molar-refractivity contribution is 6.00. The highest BCUT2D eigenvalue weighted by Crippen LogP contribution is 2.18. The van der Waals surface area contributed by atoms with Crippen molar-refractivity contribution in [2.45, 2.75) is 38.6 Å². The molecule has 0 bridgehead atoms. The van der Waals surface area contributed by atoms with Gasteiger partial charge in [0.2, 0.25) is 5.78 Å². The number of nitrogens with two attached hydrogens (primary N) is 1. The average molecular weight is 183 g/mol. The molecule has 1 aliphatic heterocycles. The third-order valence-corrected chi connectivity index (χ3v) is 2.41. The fourth-order valence-electron chi connectivity index (χ4n) is 1.16. The zero-order valence-electron chi connectivity index (χ0n) is 8.30. The van der Waals surface area contributed by atoms with Gasteiger partial charge in [0.15, 0.2) is 5.76 Å². The summed E-state index contributed by atoms with van der Waals surface area (Å²) in [4.78, 5) is 11.7. The molecule has 0 amide bonds. The molecule has 0 fully saturated rings. The van der Waals surface area contributed by atoms with E-state index in [4.69, 9.17) is 10.5 Å². The quantitative estimate of drug-likeness (QED) is 0.719. The Hall–Kier alpha value is -0.830. The largest absolute Gasteiger partial charge is 0.490 e. The SMILES string of the molecule is CCC(C)(N)C(=O)C1=CCCCO1. The van der Waals surface area contributed by atoms with Crippen LogP contribution in [-0.2, 0) is 9.53 Å². The summed E-state index contributed by atoms with van der Waals surface area (Å²) in [6.45, 7) is 4.28. The van der Waals surface area contributed by atoms with Gasteiger partial charge in [0.25, 0.3) is 0 Å². The van der Waals surface area contributed by atoms with Crippen LogP contribution in [0.4, 0.5) is 0 Å². The molecule has 1 rings (SSSR count). The monoisotopic (exact) mass is 183 g/mol. The van der Waals surface area contributed by atoms with Crippen molar-refractivity contribution < 1.29 is 9.53 Å². The van der Waals surface area contributed by atoms with E-state index in [1.807, 2.05) is 13.0 Å². The molecule has 0 radical (unpaired) electrons. The van der Waals surface area contributed by atoms with Crippen LogP contribution < -0.4 is 5.73 Å². The number of hydrogen-bond donors (Lipinski definition) is 1. The number of carbonyl (C=O) groups is 1. The molecular formula is C10H17NO2. The van der Waals surface area contributed by atoms with Gasteiger partial charge in [-0.05, 0) is 32.3 Å². The molecule has 1 unspecified atom stereocenters. The van der Waals surface area contributed by atoms with Crippen molar-refractivity contribution in [2.75, 3.05) is 6.61 Å². The van der Waals surface area contributed by atoms with Crippen molar-refractivity contribution in [3.8, 4) is 0 Å². The lowest BCUT2D eigenvalue weighted by molar-refractivity contribution is -0.123. The average Bonchev–Trinajstić information content (AvgIpc) is 2.18. The maximum absolute atomic E-state index is 11.7. The van der Waals surface area contributed by atoms with Crippen molar-refractivity contribution in [1.29, 1.82) is 0 Å². The van der Waals surface area contributed by atoms with E-state index in [1.165, 1.54) is 0 Å². The molecule has 74 valence electrons. The highest BCUT2D eigenvalue weighted by atomic mass is 16.5. The van der Waals surface area contributed by atoms with Crippen LogP contribution in [0.2, 0.25) is 0 Å². The second-order valence-corrected chi connectivity index (χ2v) is 3.66. The normalized spacial score (nSPS) is 21.3. The molecule has 13 heavy (non-hydrogen) atoms. The van der Waals surface area contributed by atoms with E-state index in [0.717, 1.165) is 12.8 Å². The van der Waals surface area contributed by atoms with Gasteiger partial charge in [-0.1, -0.05) is 6.92 Å². The van der Waals surface area contributed by atoms with Crippen LogP contribution in [0, 0.1) is 0 Å². The Morgan fingerprint density at radius 1 is 1.77 bits per heavy atom. The first-order valence-electron chi connectivity index (χ1n) is 4.74. The van der Waals surface area contributed by atoms with Gasteiger partial charge in [0.1, 0.15) is 0 Å². The van der Waals surface area contributed by atoms with Crippen LogP contribution >= 0.6 is 0 Å². The van der Waals surface area contributed by atoms with Gasteiger partial charge in [0, 0.05) is 0 Å². The predicted molar refractivity (Wildman–Crippen MR) is 51.2 cm³/mol. The molecule has 0 aromatic rings. The lowest BCUT2D eigenvalue weighted by Gasteiger charge is -2.24. The van der Waals surface area contributed by atoms with Gasteiger partial charge in [-0.15, -0.1) is 0 Å². The van der Waals surface area contributed by atoms with Crippen molar-refractivity contribution in [3.05, 3.63) is 11.8 Å². The number of ketones is 1. The molecular weight excluding hydrogens is 166 g/mol.